The van der Waals surface area contributed by atoms with Gasteiger partial charge < -0.3 is 5.73 Å². The highest BCUT2D eigenvalue weighted by atomic mass is 32.1. The number of nitrogens with two attached hydrogens (primary N) is 1. The maximum absolute atomic E-state index is 10.9. The van der Waals surface area contributed by atoms with E-state index in [2.05, 4.69) is 12.6 Å². The summed E-state index contributed by atoms with van der Waals surface area (Å²) in [7, 11) is 0. The van der Waals surface area contributed by atoms with Crippen molar-refractivity contribution >= 4 is 30.2 Å². The SMILES string of the molecule is CC(C)=C(C=O)c1cc(S)ccc1N. The number of carbonyl (C=O) groups is 1. The molecule has 0 aromatic heterocycles. The molecular formula is C11H13NOS. The molecule has 0 heterocycles. The summed E-state index contributed by atoms with van der Waals surface area (Å²) in [6, 6.07) is 5.36. The molecule has 0 atom stereocenters. The van der Waals surface area contributed by atoms with Crippen molar-refractivity contribution in [3.05, 3.63) is 29.3 Å². The molecule has 0 unspecified atom stereocenters. The topological polar surface area (TPSA) is 43.1 Å². The molecule has 0 aliphatic heterocycles. The van der Waals surface area contributed by atoms with Gasteiger partial charge in [-0.15, -0.1) is 12.6 Å². The van der Waals surface area contributed by atoms with Crippen molar-refractivity contribution in [2.24, 2.45) is 0 Å². The lowest BCUT2D eigenvalue weighted by atomic mass is 10.0. The largest absolute Gasteiger partial charge is 0.398 e. The fourth-order valence-corrected chi connectivity index (χ4v) is 1.43. The molecule has 3 heteroatoms. The molecule has 0 aliphatic rings. The number of rotatable bonds is 2. The third-order valence-electron chi connectivity index (χ3n) is 1.98. The number of nitrogen functional groups attached to an aromatic ring is 1. The maximum Gasteiger partial charge on any atom is 0.150 e. The Balaban J connectivity index is 3.37. The van der Waals surface area contributed by atoms with Gasteiger partial charge in [0.25, 0.3) is 0 Å². The van der Waals surface area contributed by atoms with E-state index in [9.17, 15) is 4.79 Å². The number of aldehydes is 1. The van der Waals surface area contributed by atoms with Crippen LogP contribution in [0.25, 0.3) is 5.57 Å². The first-order valence-corrected chi connectivity index (χ1v) is 4.72. The van der Waals surface area contributed by atoms with E-state index >= 15 is 0 Å². The minimum Gasteiger partial charge on any atom is -0.398 e. The number of benzene rings is 1. The molecule has 14 heavy (non-hydrogen) atoms. The van der Waals surface area contributed by atoms with Gasteiger partial charge >= 0.3 is 0 Å². The van der Waals surface area contributed by atoms with Gasteiger partial charge in [-0.05, 0) is 32.0 Å². The quantitative estimate of drug-likeness (QED) is 0.339. The van der Waals surface area contributed by atoms with E-state index in [1.54, 1.807) is 18.2 Å². The predicted molar refractivity (Wildman–Crippen MR) is 62.4 cm³/mol. The first-order chi connectivity index (χ1) is 6.56. The van der Waals surface area contributed by atoms with Gasteiger partial charge in [0.2, 0.25) is 0 Å². The molecule has 1 rings (SSSR count). The zero-order valence-corrected chi connectivity index (χ0v) is 9.14. The second-order valence-electron chi connectivity index (χ2n) is 3.30. The Morgan fingerprint density at radius 3 is 2.57 bits per heavy atom. The van der Waals surface area contributed by atoms with E-state index in [0.29, 0.717) is 11.3 Å². The molecule has 2 N–H and O–H groups in total. The molecule has 0 aliphatic carbocycles. The maximum atomic E-state index is 10.9. The van der Waals surface area contributed by atoms with Gasteiger partial charge in [0.15, 0.2) is 6.29 Å². The van der Waals surface area contributed by atoms with Crippen LogP contribution in [-0.2, 0) is 4.79 Å². The lowest BCUT2D eigenvalue weighted by Crippen LogP contribution is -1.96. The lowest BCUT2D eigenvalue weighted by Gasteiger charge is -2.07. The van der Waals surface area contributed by atoms with Crippen molar-refractivity contribution in [3.8, 4) is 0 Å². The highest BCUT2D eigenvalue weighted by Crippen LogP contribution is 2.25. The molecular weight excluding hydrogens is 194 g/mol. The summed E-state index contributed by atoms with van der Waals surface area (Å²) in [5.74, 6) is 0. The minimum atomic E-state index is 0.603. The minimum absolute atomic E-state index is 0.603. The van der Waals surface area contributed by atoms with E-state index in [-0.39, 0.29) is 0 Å². The van der Waals surface area contributed by atoms with Crippen LogP contribution in [0, 0.1) is 0 Å². The summed E-state index contributed by atoms with van der Waals surface area (Å²) >= 11 is 4.21. The third kappa shape index (κ3) is 2.17. The van der Waals surface area contributed by atoms with Crippen molar-refractivity contribution in [1.82, 2.24) is 0 Å². The molecule has 0 fully saturated rings. The standard InChI is InChI=1S/C11H13NOS/c1-7(2)10(6-13)9-5-8(14)3-4-11(9)12/h3-6,14H,12H2,1-2H3. The fraction of sp³-hybridized carbons (Fsp3) is 0.182. The van der Waals surface area contributed by atoms with Crippen LogP contribution in [-0.4, -0.2) is 6.29 Å². The summed E-state index contributed by atoms with van der Waals surface area (Å²) in [5, 5.41) is 0. The second kappa shape index (κ2) is 4.33. The molecule has 0 saturated carbocycles. The Kier molecular flexibility index (Phi) is 3.36. The van der Waals surface area contributed by atoms with Gasteiger partial charge in [-0.3, -0.25) is 4.79 Å². The van der Waals surface area contributed by atoms with Crippen LogP contribution in [0.15, 0.2) is 28.7 Å². The van der Waals surface area contributed by atoms with E-state index < -0.39 is 0 Å². The van der Waals surface area contributed by atoms with Gasteiger partial charge in [-0.2, -0.15) is 0 Å². The monoisotopic (exact) mass is 207 g/mol. The molecule has 0 amide bonds. The zero-order valence-electron chi connectivity index (χ0n) is 8.24. The molecule has 0 bridgehead atoms. The van der Waals surface area contributed by atoms with Gasteiger partial charge in [-0.25, -0.2) is 0 Å². The van der Waals surface area contributed by atoms with Crippen molar-refractivity contribution in [2.75, 3.05) is 5.73 Å². The normalized spacial score (nSPS) is 9.64. The van der Waals surface area contributed by atoms with Gasteiger partial charge in [-0.1, -0.05) is 5.57 Å². The van der Waals surface area contributed by atoms with Crippen LogP contribution in [0.3, 0.4) is 0 Å². The number of allylic oxidation sites excluding steroid dienone is 2. The Morgan fingerprint density at radius 1 is 1.43 bits per heavy atom. The summed E-state index contributed by atoms with van der Waals surface area (Å²) in [6.45, 7) is 3.77. The van der Waals surface area contributed by atoms with Crippen molar-refractivity contribution < 1.29 is 4.79 Å². The Hall–Kier alpha value is -1.22. The van der Waals surface area contributed by atoms with E-state index in [1.807, 2.05) is 13.8 Å². The smallest absolute Gasteiger partial charge is 0.150 e. The number of hydrogen-bond donors (Lipinski definition) is 2. The van der Waals surface area contributed by atoms with Crippen LogP contribution in [0.4, 0.5) is 5.69 Å². The Morgan fingerprint density at radius 2 is 2.07 bits per heavy atom. The molecule has 0 spiro atoms. The fourth-order valence-electron chi connectivity index (χ4n) is 1.23. The van der Waals surface area contributed by atoms with Crippen LogP contribution in [0.1, 0.15) is 19.4 Å². The van der Waals surface area contributed by atoms with Crippen molar-refractivity contribution in [2.45, 2.75) is 18.7 Å². The molecule has 1 aromatic rings. The molecule has 0 radical (unpaired) electrons. The van der Waals surface area contributed by atoms with E-state index in [0.717, 1.165) is 22.3 Å². The summed E-state index contributed by atoms with van der Waals surface area (Å²) < 4.78 is 0. The van der Waals surface area contributed by atoms with Gasteiger partial charge in [0.1, 0.15) is 0 Å². The van der Waals surface area contributed by atoms with E-state index in [4.69, 9.17) is 5.73 Å². The lowest BCUT2D eigenvalue weighted by molar-refractivity contribution is -0.103. The predicted octanol–water partition coefficient (Wildman–Crippen LogP) is 2.55. The molecule has 0 saturated heterocycles. The Labute approximate surface area is 89.2 Å². The summed E-state index contributed by atoms with van der Waals surface area (Å²) in [5.41, 5.74) is 8.72. The Bertz CT molecular complexity index is 392. The first kappa shape index (κ1) is 10.9. The summed E-state index contributed by atoms with van der Waals surface area (Å²) in [4.78, 5) is 11.7. The first-order valence-electron chi connectivity index (χ1n) is 4.27. The molecule has 2 nitrogen and oxygen atoms in total. The highest BCUT2D eigenvalue weighted by molar-refractivity contribution is 7.80. The number of carbonyl (C=O) groups excluding carboxylic acids is 1. The van der Waals surface area contributed by atoms with Crippen molar-refractivity contribution in [1.29, 1.82) is 0 Å². The van der Waals surface area contributed by atoms with Crippen LogP contribution < -0.4 is 5.73 Å². The van der Waals surface area contributed by atoms with E-state index in [1.165, 1.54) is 0 Å². The second-order valence-corrected chi connectivity index (χ2v) is 3.82. The molecule has 74 valence electrons. The highest BCUT2D eigenvalue weighted by Gasteiger charge is 2.06. The zero-order chi connectivity index (χ0) is 10.7. The number of hydrogen-bond acceptors (Lipinski definition) is 3. The van der Waals surface area contributed by atoms with Gasteiger partial charge in [0, 0.05) is 21.7 Å². The molecule has 1 aromatic carbocycles. The van der Waals surface area contributed by atoms with Crippen LogP contribution in [0.5, 0.6) is 0 Å². The third-order valence-corrected chi connectivity index (χ3v) is 2.26. The van der Waals surface area contributed by atoms with Crippen LogP contribution >= 0.6 is 12.6 Å². The number of thiol groups is 1. The number of anilines is 1. The van der Waals surface area contributed by atoms with Crippen molar-refractivity contribution in [3.63, 3.8) is 0 Å². The van der Waals surface area contributed by atoms with Crippen LogP contribution in [0.2, 0.25) is 0 Å². The van der Waals surface area contributed by atoms with Gasteiger partial charge in [0.05, 0.1) is 0 Å². The average molecular weight is 207 g/mol. The summed E-state index contributed by atoms with van der Waals surface area (Å²) in [6.07, 6.45) is 0.828. The average Bonchev–Trinajstić information content (AvgIpc) is 2.11.